The molecule has 0 fully saturated rings. The number of anilines is 2. The smallest absolute Gasteiger partial charge is 0.234 e. The number of hydrogen-bond acceptors (Lipinski definition) is 8. The summed E-state index contributed by atoms with van der Waals surface area (Å²) in [5.74, 6) is -0.633. The third kappa shape index (κ3) is 5.33. The third-order valence-corrected chi connectivity index (χ3v) is 8.32. The zero-order valence-corrected chi connectivity index (χ0v) is 18.9. The van der Waals surface area contributed by atoms with Crippen LogP contribution in [0.2, 0.25) is 14.4 Å². The van der Waals surface area contributed by atoms with Crippen LogP contribution in [0.1, 0.15) is 0 Å². The Kier molecular flexibility index (Phi) is 6.92. The van der Waals surface area contributed by atoms with Crippen molar-refractivity contribution in [2.75, 3.05) is 16.8 Å². The Balaban J connectivity index is 1.69. The van der Waals surface area contributed by atoms with Crippen molar-refractivity contribution in [1.29, 1.82) is 0 Å². The SMILES string of the molecule is Nc1nc(SCC(=O)Nc2cc(Cl)ccc2Cl)ncc1S(=O)(=O)c1ccc(Cl)s1. The highest BCUT2D eigenvalue weighted by Crippen LogP contribution is 2.32. The summed E-state index contributed by atoms with van der Waals surface area (Å²) in [5.41, 5.74) is 6.19. The standard InChI is InChI=1S/C16H11Cl3N4O3S3/c17-8-1-2-9(18)10(5-8)22-13(24)7-27-16-21-6-11(15(20)23-16)29(25,26)14-4-3-12(19)28-14/h1-6H,7H2,(H,22,24)(H2,20,21,23). The van der Waals surface area contributed by atoms with Crippen LogP contribution in [0, 0.1) is 0 Å². The van der Waals surface area contributed by atoms with Crippen molar-refractivity contribution in [2.45, 2.75) is 14.3 Å². The molecule has 3 aromatic rings. The number of sulfone groups is 1. The lowest BCUT2D eigenvalue weighted by Gasteiger charge is -2.08. The molecule has 0 saturated carbocycles. The number of nitrogens with one attached hydrogen (secondary N) is 1. The minimum atomic E-state index is -3.88. The second kappa shape index (κ2) is 9.07. The maximum absolute atomic E-state index is 12.6. The number of benzene rings is 1. The van der Waals surface area contributed by atoms with E-state index in [1.54, 1.807) is 12.1 Å². The number of nitrogens with two attached hydrogens (primary N) is 1. The van der Waals surface area contributed by atoms with Gasteiger partial charge in [-0.05, 0) is 30.3 Å². The summed E-state index contributed by atoms with van der Waals surface area (Å²) >= 11 is 19.6. The van der Waals surface area contributed by atoms with Gasteiger partial charge >= 0.3 is 0 Å². The maximum Gasteiger partial charge on any atom is 0.234 e. The van der Waals surface area contributed by atoms with Crippen molar-refractivity contribution in [3.63, 3.8) is 0 Å². The van der Waals surface area contributed by atoms with Crippen LogP contribution in [0.5, 0.6) is 0 Å². The molecule has 13 heteroatoms. The number of thiophene rings is 1. The van der Waals surface area contributed by atoms with Crippen LogP contribution in [-0.2, 0) is 14.6 Å². The second-order valence-electron chi connectivity index (χ2n) is 5.43. The van der Waals surface area contributed by atoms with Crippen molar-refractivity contribution in [2.24, 2.45) is 0 Å². The van der Waals surface area contributed by atoms with Gasteiger partial charge in [0, 0.05) is 5.02 Å². The minimum Gasteiger partial charge on any atom is -0.382 e. The lowest BCUT2D eigenvalue weighted by molar-refractivity contribution is -0.113. The molecule has 0 unspecified atom stereocenters. The van der Waals surface area contributed by atoms with E-state index in [-0.39, 0.29) is 31.7 Å². The summed E-state index contributed by atoms with van der Waals surface area (Å²) in [6.45, 7) is 0. The summed E-state index contributed by atoms with van der Waals surface area (Å²) in [5, 5.41) is 3.55. The second-order valence-corrected chi connectivity index (χ2v) is 11.1. The van der Waals surface area contributed by atoms with E-state index in [9.17, 15) is 13.2 Å². The maximum atomic E-state index is 12.6. The predicted molar refractivity (Wildman–Crippen MR) is 117 cm³/mol. The highest BCUT2D eigenvalue weighted by Gasteiger charge is 2.24. The summed E-state index contributed by atoms with van der Waals surface area (Å²) in [6, 6.07) is 7.55. The van der Waals surface area contributed by atoms with Gasteiger partial charge in [0.25, 0.3) is 0 Å². The fraction of sp³-hybridized carbons (Fsp3) is 0.0625. The molecule has 7 nitrogen and oxygen atoms in total. The molecular weight excluding hydrogens is 499 g/mol. The predicted octanol–water partition coefficient (Wildman–Crippen LogP) is 4.64. The quantitative estimate of drug-likeness (QED) is 0.367. The molecule has 0 atom stereocenters. The summed E-state index contributed by atoms with van der Waals surface area (Å²) in [6.07, 6.45) is 1.11. The van der Waals surface area contributed by atoms with Gasteiger partial charge in [-0.2, -0.15) is 0 Å². The molecule has 1 aromatic carbocycles. The van der Waals surface area contributed by atoms with Gasteiger partial charge in [-0.15, -0.1) is 11.3 Å². The number of nitrogens with zero attached hydrogens (tertiary/aromatic N) is 2. The third-order valence-electron chi connectivity index (χ3n) is 3.40. The van der Waals surface area contributed by atoms with Gasteiger partial charge in [-0.25, -0.2) is 18.4 Å². The highest BCUT2D eigenvalue weighted by molar-refractivity contribution is 7.99. The van der Waals surface area contributed by atoms with E-state index in [0.717, 1.165) is 29.3 Å². The first-order chi connectivity index (χ1) is 13.7. The van der Waals surface area contributed by atoms with E-state index in [1.807, 2.05) is 0 Å². The summed E-state index contributed by atoms with van der Waals surface area (Å²) < 4.78 is 25.6. The zero-order chi connectivity index (χ0) is 21.2. The van der Waals surface area contributed by atoms with Crippen LogP contribution in [-0.4, -0.2) is 30.0 Å². The molecule has 29 heavy (non-hydrogen) atoms. The Hall–Kier alpha value is -1.56. The lowest BCUT2D eigenvalue weighted by Crippen LogP contribution is -2.15. The summed E-state index contributed by atoms with van der Waals surface area (Å²) in [7, 11) is -3.88. The van der Waals surface area contributed by atoms with Gasteiger partial charge < -0.3 is 11.1 Å². The molecule has 1 amide bonds. The van der Waals surface area contributed by atoms with E-state index in [4.69, 9.17) is 40.5 Å². The van der Waals surface area contributed by atoms with Gasteiger partial charge in [0.2, 0.25) is 15.7 Å². The van der Waals surface area contributed by atoms with E-state index in [2.05, 4.69) is 15.3 Å². The Morgan fingerprint density at radius 1 is 1.21 bits per heavy atom. The number of halogens is 3. The Bertz CT molecular complexity index is 1190. The molecule has 0 aliphatic heterocycles. The molecule has 2 heterocycles. The minimum absolute atomic E-state index is 0.0379. The van der Waals surface area contributed by atoms with Crippen LogP contribution in [0.3, 0.4) is 0 Å². The fourth-order valence-electron chi connectivity index (χ4n) is 2.10. The number of hydrogen-bond donors (Lipinski definition) is 2. The molecule has 0 saturated heterocycles. The number of nitrogen functional groups attached to an aromatic ring is 1. The molecular formula is C16H11Cl3N4O3S3. The number of amides is 1. The van der Waals surface area contributed by atoms with Gasteiger partial charge in [0.15, 0.2) is 5.16 Å². The molecule has 0 radical (unpaired) electrons. The van der Waals surface area contributed by atoms with Crippen LogP contribution >= 0.6 is 57.9 Å². The molecule has 3 rings (SSSR count). The average Bonchev–Trinajstić information content (AvgIpc) is 3.10. The molecule has 2 aromatic heterocycles. The van der Waals surface area contributed by atoms with Crippen LogP contribution in [0.15, 0.2) is 50.8 Å². The zero-order valence-electron chi connectivity index (χ0n) is 14.2. The number of aromatic nitrogens is 2. The van der Waals surface area contributed by atoms with Gasteiger partial charge in [-0.1, -0.05) is 46.6 Å². The van der Waals surface area contributed by atoms with E-state index in [1.165, 1.54) is 18.2 Å². The van der Waals surface area contributed by atoms with Crippen molar-refractivity contribution in [3.8, 4) is 0 Å². The Morgan fingerprint density at radius 2 is 1.97 bits per heavy atom. The first-order valence-corrected chi connectivity index (χ1v) is 12.1. The van der Waals surface area contributed by atoms with E-state index >= 15 is 0 Å². The monoisotopic (exact) mass is 508 g/mol. The molecule has 0 bridgehead atoms. The van der Waals surface area contributed by atoms with Crippen LogP contribution in [0.4, 0.5) is 11.5 Å². The number of carbonyl (C=O) groups is 1. The van der Waals surface area contributed by atoms with Gasteiger partial charge in [0.1, 0.15) is 14.9 Å². The first kappa shape index (κ1) is 22.1. The topological polar surface area (TPSA) is 115 Å². The van der Waals surface area contributed by atoms with Crippen LogP contribution < -0.4 is 11.1 Å². The molecule has 0 spiro atoms. The molecule has 0 aliphatic carbocycles. The largest absolute Gasteiger partial charge is 0.382 e. The molecule has 0 aliphatic rings. The number of rotatable bonds is 6. The average molecular weight is 510 g/mol. The van der Waals surface area contributed by atoms with Crippen LogP contribution in [0.25, 0.3) is 0 Å². The number of carbonyl (C=O) groups excluding carboxylic acids is 1. The van der Waals surface area contributed by atoms with Crippen molar-refractivity contribution >= 4 is 85.2 Å². The normalized spacial score (nSPS) is 11.4. The first-order valence-electron chi connectivity index (χ1n) is 7.67. The van der Waals surface area contributed by atoms with Gasteiger partial charge in [0.05, 0.1) is 27.0 Å². The van der Waals surface area contributed by atoms with Crippen molar-refractivity contribution in [3.05, 3.63) is 50.9 Å². The Labute approximate surface area is 189 Å². The Morgan fingerprint density at radius 3 is 2.62 bits per heavy atom. The lowest BCUT2D eigenvalue weighted by atomic mass is 10.3. The van der Waals surface area contributed by atoms with Crippen molar-refractivity contribution in [1.82, 2.24) is 9.97 Å². The van der Waals surface area contributed by atoms with Crippen molar-refractivity contribution < 1.29 is 13.2 Å². The highest BCUT2D eigenvalue weighted by atomic mass is 35.5. The fourth-order valence-corrected chi connectivity index (χ4v) is 5.93. The van der Waals surface area contributed by atoms with Gasteiger partial charge in [-0.3, -0.25) is 4.79 Å². The molecule has 152 valence electrons. The summed E-state index contributed by atoms with van der Waals surface area (Å²) in [4.78, 5) is 19.9. The van der Waals surface area contributed by atoms with E-state index < -0.39 is 9.84 Å². The number of thioether (sulfide) groups is 1. The van der Waals surface area contributed by atoms with E-state index in [0.29, 0.717) is 20.1 Å². The molecule has 3 N–H and O–H groups in total.